The summed E-state index contributed by atoms with van der Waals surface area (Å²) in [6.45, 7) is 2.09. The van der Waals surface area contributed by atoms with Crippen molar-refractivity contribution in [1.29, 1.82) is 0 Å². The number of nitrogens with one attached hydrogen (secondary N) is 1. The van der Waals surface area contributed by atoms with E-state index in [1.54, 1.807) is 17.8 Å². The summed E-state index contributed by atoms with van der Waals surface area (Å²) in [5, 5.41) is 22.0. The maximum atomic E-state index is 11.9. The molecule has 0 spiro atoms. The van der Waals surface area contributed by atoms with E-state index in [0.29, 0.717) is 9.86 Å². The highest BCUT2D eigenvalue weighted by molar-refractivity contribution is 8.01. The van der Waals surface area contributed by atoms with Crippen LogP contribution in [-0.2, 0) is 0 Å². The number of hydrogen-bond donors (Lipinski definition) is 1. The van der Waals surface area contributed by atoms with Crippen LogP contribution >= 0.6 is 23.1 Å². The first-order chi connectivity index (χ1) is 9.19. The van der Waals surface area contributed by atoms with Gasteiger partial charge in [-0.25, -0.2) is 0 Å². The largest absolute Gasteiger partial charge is 0.619 e. The van der Waals surface area contributed by atoms with Gasteiger partial charge in [0, 0.05) is 11.8 Å². The van der Waals surface area contributed by atoms with Crippen molar-refractivity contribution in [1.82, 2.24) is 10.2 Å². The van der Waals surface area contributed by atoms with Gasteiger partial charge in [-0.2, -0.15) is 4.73 Å². The van der Waals surface area contributed by atoms with E-state index in [-0.39, 0.29) is 11.5 Å². The standard InChI is InChI=1S/C11H12N4O2S2/c1-2-6-18-11-14-13-10(19-11)12-9(16)8-4-3-5-15(17)7-8/h3-5,7H,2,6H2,1H3,(H,12,13,16). The molecule has 2 heterocycles. The van der Waals surface area contributed by atoms with Crippen LogP contribution in [-0.4, -0.2) is 21.9 Å². The summed E-state index contributed by atoms with van der Waals surface area (Å²) in [5.41, 5.74) is 0.287. The molecule has 19 heavy (non-hydrogen) atoms. The summed E-state index contributed by atoms with van der Waals surface area (Å²) in [7, 11) is 0. The molecule has 0 unspecified atom stereocenters. The first-order valence-electron chi connectivity index (χ1n) is 5.65. The van der Waals surface area contributed by atoms with Gasteiger partial charge >= 0.3 is 0 Å². The van der Waals surface area contributed by atoms with Crippen LogP contribution in [0, 0.1) is 5.21 Å². The first-order valence-corrected chi connectivity index (χ1v) is 7.45. The van der Waals surface area contributed by atoms with Gasteiger partial charge in [-0.3, -0.25) is 10.1 Å². The molecule has 2 aromatic heterocycles. The number of amides is 1. The number of rotatable bonds is 5. The van der Waals surface area contributed by atoms with Crippen molar-refractivity contribution < 1.29 is 9.52 Å². The number of thioether (sulfide) groups is 1. The molecule has 0 saturated heterocycles. The van der Waals surface area contributed by atoms with Crippen molar-refractivity contribution in [2.24, 2.45) is 0 Å². The molecule has 1 N–H and O–H groups in total. The second kappa shape index (κ2) is 6.48. The number of carbonyl (C=O) groups excluding carboxylic acids is 1. The molecule has 0 aromatic carbocycles. The molecule has 0 atom stereocenters. The average molecular weight is 296 g/mol. The van der Waals surface area contributed by atoms with Crippen molar-refractivity contribution in [2.75, 3.05) is 11.1 Å². The van der Waals surface area contributed by atoms with E-state index in [2.05, 4.69) is 22.4 Å². The van der Waals surface area contributed by atoms with Gasteiger partial charge in [0.15, 0.2) is 16.7 Å². The molecule has 2 rings (SSSR count). The molecule has 1 amide bonds. The van der Waals surface area contributed by atoms with Crippen LogP contribution in [0.15, 0.2) is 28.9 Å². The van der Waals surface area contributed by atoms with Crippen LogP contribution in [0.1, 0.15) is 23.7 Å². The monoisotopic (exact) mass is 296 g/mol. The normalized spacial score (nSPS) is 10.4. The second-order valence-corrected chi connectivity index (χ2v) is 5.95. The Bertz CT molecular complexity index is 573. The number of aromatic nitrogens is 3. The topological polar surface area (TPSA) is 81.8 Å². The second-order valence-electron chi connectivity index (χ2n) is 3.63. The van der Waals surface area contributed by atoms with Crippen molar-refractivity contribution in [3.05, 3.63) is 35.3 Å². The smallest absolute Gasteiger partial charge is 0.263 e. The van der Waals surface area contributed by atoms with Crippen LogP contribution in [0.4, 0.5) is 5.13 Å². The molecule has 0 aliphatic heterocycles. The van der Waals surface area contributed by atoms with Crippen LogP contribution < -0.4 is 10.0 Å². The number of anilines is 1. The van der Waals surface area contributed by atoms with Gasteiger partial charge in [0.2, 0.25) is 5.13 Å². The third-order valence-electron chi connectivity index (χ3n) is 2.09. The van der Waals surface area contributed by atoms with E-state index < -0.39 is 0 Å². The molecule has 100 valence electrons. The lowest BCUT2D eigenvalue weighted by Gasteiger charge is -2.00. The number of hydrogen-bond acceptors (Lipinski definition) is 6. The molecule has 0 aliphatic carbocycles. The maximum absolute atomic E-state index is 11.9. The zero-order chi connectivity index (χ0) is 13.7. The summed E-state index contributed by atoms with van der Waals surface area (Å²) in [6, 6.07) is 3.09. The SMILES string of the molecule is CCCSc1nnc(NC(=O)c2ccc[n+]([O-])c2)s1. The average Bonchev–Trinajstić information content (AvgIpc) is 2.84. The molecule has 0 bridgehead atoms. The third kappa shape index (κ3) is 3.90. The minimum atomic E-state index is -0.367. The van der Waals surface area contributed by atoms with Gasteiger partial charge in [0.25, 0.3) is 5.91 Å². The van der Waals surface area contributed by atoms with E-state index in [0.717, 1.165) is 16.5 Å². The summed E-state index contributed by atoms with van der Waals surface area (Å²) in [4.78, 5) is 11.9. The van der Waals surface area contributed by atoms with Crippen LogP contribution in [0.2, 0.25) is 0 Å². The van der Waals surface area contributed by atoms with Crippen molar-refractivity contribution >= 4 is 34.1 Å². The fourth-order valence-corrected chi connectivity index (χ4v) is 2.94. The van der Waals surface area contributed by atoms with Crippen molar-refractivity contribution in [3.63, 3.8) is 0 Å². The molecular formula is C11H12N4O2S2. The fourth-order valence-electron chi connectivity index (χ4n) is 1.27. The minimum absolute atomic E-state index is 0.287. The summed E-state index contributed by atoms with van der Waals surface area (Å²) in [6.07, 6.45) is 3.59. The molecule has 8 heteroatoms. The van der Waals surface area contributed by atoms with Gasteiger partial charge in [-0.1, -0.05) is 30.0 Å². The van der Waals surface area contributed by atoms with E-state index >= 15 is 0 Å². The van der Waals surface area contributed by atoms with Crippen LogP contribution in [0.25, 0.3) is 0 Å². The maximum Gasteiger partial charge on any atom is 0.263 e. The van der Waals surface area contributed by atoms with E-state index in [1.807, 2.05) is 0 Å². The molecular weight excluding hydrogens is 284 g/mol. The van der Waals surface area contributed by atoms with Gasteiger partial charge in [0.1, 0.15) is 5.56 Å². The summed E-state index contributed by atoms with van der Waals surface area (Å²) >= 11 is 2.93. The fraction of sp³-hybridized carbons (Fsp3) is 0.273. The molecule has 2 aromatic rings. The highest BCUT2D eigenvalue weighted by Gasteiger charge is 2.12. The van der Waals surface area contributed by atoms with Crippen molar-refractivity contribution in [2.45, 2.75) is 17.7 Å². The summed E-state index contributed by atoms with van der Waals surface area (Å²) in [5.74, 6) is 0.602. The Labute approximate surface area is 118 Å². The number of nitrogens with zero attached hydrogens (tertiary/aromatic N) is 3. The Morgan fingerprint density at radius 2 is 2.42 bits per heavy atom. The highest BCUT2D eigenvalue weighted by atomic mass is 32.2. The molecule has 0 fully saturated rings. The minimum Gasteiger partial charge on any atom is -0.619 e. The molecule has 0 radical (unpaired) electrons. The zero-order valence-electron chi connectivity index (χ0n) is 10.2. The molecule has 0 aliphatic rings. The highest BCUT2D eigenvalue weighted by Crippen LogP contribution is 2.25. The Morgan fingerprint density at radius 1 is 1.58 bits per heavy atom. The lowest BCUT2D eigenvalue weighted by molar-refractivity contribution is -0.605. The molecule has 0 saturated carbocycles. The van der Waals surface area contributed by atoms with Gasteiger partial charge < -0.3 is 5.21 Å². The van der Waals surface area contributed by atoms with E-state index in [9.17, 15) is 10.0 Å². The number of pyridine rings is 1. The van der Waals surface area contributed by atoms with Crippen LogP contribution in [0.3, 0.4) is 0 Å². The van der Waals surface area contributed by atoms with Gasteiger partial charge in [-0.15, -0.1) is 10.2 Å². The predicted molar refractivity (Wildman–Crippen MR) is 74.3 cm³/mol. The Balaban J connectivity index is 2.00. The lowest BCUT2D eigenvalue weighted by Crippen LogP contribution is -2.27. The summed E-state index contributed by atoms with van der Waals surface area (Å²) < 4.78 is 1.40. The number of carbonyl (C=O) groups is 1. The van der Waals surface area contributed by atoms with E-state index in [1.165, 1.54) is 29.8 Å². The third-order valence-corrected chi connectivity index (χ3v) is 4.27. The van der Waals surface area contributed by atoms with Crippen LogP contribution in [0.5, 0.6) is 0 Å². The van der Waals surface area contributed by atoms with Gasteiger partial charge in [0.05, 0.1) is 0 Å². The Hall–Kier alpha value is -1.67. The Morgan fingerprint density at radius 3 is 3.16 bits per heavy atom. The van der Waals surface area contributed by atoms with Gasteiger partial charge in [-0.05, 0) is 12.5 Å². The van der Waals surface area contributed by atoms with E-state index in [4.69, 9.17) is 0 Å². The Kier molecular flexibility index (Phi) is 4.69. The first kappa shape index (κ1) is 13.8. The zero-order valence-corrected chi connectivity index (χ0v) is 11.8. The lowest BCUT2D eigenvalue weighted by atomic mass is 10.3. The predicted octanol–water partition coefficient (Wildman–Crippen LogP) is 1.93. The quantitative estimate of drug-likeness (QED) is 0.394. The van der Waals surface area contributed by atoms with Crippen molar-refractivity contribution in [3.8, 4) is 0 Å². The molecule has 6 nitrogen and oxygen atoms in total.